The summed E-state index contributed by atoms with van der Waals surface area (Å²) in [6.45, 7) is 5.93. The first-order valence-corrected chi connectivity index (χ1v) is 7.19. The zero-order chi connectivity index (χ0) is 15.0. The highest BCUT2D eigenvalue weighted by atomic mass is 35.5. The predicted octanol–water partition coefficient (Wildman–Crippen LogP) is 4.95. The van der Waals surface area contributed by atoms with Gasteiger partial charge < -0.3 is 5.32 Å². The van der Waals surface area contributed by atoms with Gasteiger partial charge in [-0.1, -0.05) is 17.7 Å². The molecule has 2 heterocycles. The van der Waals surface area contributed by atoms with Gasteiger partial charge in [0.05, 0.1) is 5.69 Å². The standard InChI is InChI=1S/C17H16ClN3/c1-10-4-6-13(9-15(10)18)21-16-8-12(3)20-17-14(16)7-5-11(2)19-17/h4-9H,1-3H3,(H,19,20,21). The molecule has 2 aromatic heterocycles. The highest BCUT2D eigenvalue weighted by Crippen LogP contribution is 2.28. The first kappa shape index (κ1) is 13.8. The highest BCUT2D eigenvalue weighted by Gasteiger charge is 2.07. The van der Waals surface area contributed by atoms with Gasteiger partial charge in [-0.3, -0.25) is 0 Å². The minimum absolute atomic E-state index is 0.754. The first-order chi connectivity index (χ1) is 10.0. The zero-order valence-electron chi connectivity index (χ0n) is 12.2. The largest absolute Gasteiger partial charge is 0.355 e. The molecule has 0 aliphatic heterocycles. The van der Waals surface area contributed by atoms with Gasteiger partial charge in [0, 0.05) is 27.5 Å². The summed E-state index contributed by atoms with van der Waals surface area (Å²) in [5.74, 6) is 0. The lowest BCUT2D eigenvalue weighted by atomic mass is 10.2. The van der Waals surface area contributed by atoms with E-state index in [1.54, 1.807) is 0 Å². The van der Waals surface area contributed by atoms with Crippen LogP contribution >= 0.6 is 11.6 Å². The molecule has 0 saturated carbocycles. The van der Waals surface area contributed by atoms with Crippen molar-refractivity contribution in [3.63, 3.8) is 0 Å². The topological polar surface area (TPSA) is 37.8 Å². The lowest BCUT2D eigenvalue weighted by Crippen LogP contribution is -1.97. The van der Waals surface area contributed by atoms with Crippen molar-refractivity contribution >= 4 is 34.0 Å². The summed E-state index contributed by atoms with van der Waals surface area (Å²) < 4.78 is 0. The van der Waals surface area contributed by atoms with Crippen LogP contribution in [0.4, 0.5) is 11.4 Å². The highest BCUT2D eigenvalue weighted by molar-refractivity contribution is 6.31. The maximum Gasteiger partial charge on any atom is 0.161 e. The molecule has 0 aliphatic carbocycles. The van der Waals surface area contributed by atoms with Crippen LogP contribution in [0.25, 0.3) is 11.0 Å². The van der Waals surface area contributed by atoms with Gasteiger partial charge in [0.2, 0.25) is 0 Å². The Hall–Kier alpha value is -2.13. The average molecular weight is 298 g/mol. The van der Waals surface area contributed by atoms with Crippen LogP contribution in [0.1, 0.15) is 17.0 Å². The molecule has 0 amide bonds. The molecule has 0 unspecified atom stereocenters. The molecule has 0 fully saturated rings. The number of hydrogen-bond donors (Lipinski definition) is 1. The first-order valence-electron chi connectivity index (χ1n) is 6.81. The quantitative estimate of drug-likeness (QED) is 0.727. The van der Waals surface area contributed by atoms with Crippen LogP contribution < -0.4 is 5.32 Å². The number of aromatic nitrogens is 2. The third kappa shape index (κ3) is 2.83. The molecule has 0 atom stereocenters. The third-order valence-electron chi connectivity index (χ3n) is 3.39. The number of hydrogen-bond acceptors (Lipinski definition) is 3. The molecule has 4 heteroatoms. The van der Waals surface area contributed by atoms with Crippen LogP contribution in [0, 0.1) is 20.8 Å². The Balaban J connectivity index is 2.09. The van der Waals surface area contributed by atoms with Gasteiger partial charge in [-0.2, -0.15) is 0 Å². The predicted molar refractivity (Wildman–Crippen MR) is 88.5 cm³/mol. The second-order valence-corrected chi connectivity index (χ2v) is 5.63. The SMILES string of the molecule is Cc1ccc2c(Nc3ccc(C)c(Cl)c3)cc(C)nc2n1. The Labute approximate surface area is 129 Å². The minimum atomic E-state index is 0.754. The molecule has 1 aromatic carbocycles. The van der Waals surface area contributed by atoms with Crippen LogP contribution in [0.15, 0.2) is 36.4 Å². The maximum absolute atomic E-state index is 6.19. The van der Waals surface area contributed by atoms with Gasteiger partial charge in [0.15, 0.2) is 5.65 Å². The van der Waals surface area contributed by atoms with Gasteiger partial charge >= 0.3 is 0 Å². The number of nitrogens with zero attached hydrogens (tertiary/aromatic N) is 2. The van der Waals surface area contributed by atoms with Gasteiger partial charge in [-0.05, 0) is 56.7 Å². The van der Waals surface area contributed by atoms with Crippen LogP contribution in [0.2, 0.25) is 5.02 Å². The fourth-order valence-electron chi connectivity index (χ4n) is 2.25. The van der Waals surface area contributed by atoms with Crippen molar-refractivity contribution in [2.24, 2.45) is 0 Å². The molecule has 3 aromatic rings. The van der Waals surface area contributed by atoms with Crippen molar-refractivity contribution < 1.29 is 0 Å². The normalized spacial score (nSPS) is 10.9. The number of fused-ring (bicyclic) bond motifs is 1. The number of rotatable bonds is 2. The number of benzene rings is 1. The third-order valence-corrected chi connectivity index (χ3v) is 3.80. The maximum atomic E-state index is 6.19. The Morgan fingerprint density at radius 3 is 2.43 bits per heavy atom. The molecule has 0 spiro atoms. The lowest BCUT2D eigenvalue weighted by molar-refractivity contribution is 1.16. The van der Waals surface area contributed by atoms with E-state index in [1.165, 1.54) is 0 Å². The van der Waals surface area contributed by atoms with Crippen molar-refractivity contribution in [2.45, 2.75) is 20.8 Å². The van der Waals surface area contributed by atoms with Crippen LogP contribution in [0.3, 0.4) is 0 Å². The van der Waals surface area contributed by atoms with Crippen LogP contribution in [-0.2, 0) is 0 Å². The van der Waals surface area contributed by atoms with E-state index in [-0.39, 0.29) is 0 Å². The summed E-state index contributed by atoms with van der Waals surface area (Å²) in [6.07, 6.45) is 0. The number of nitrogens with one attached hydrogen (secondary N) is 1. The summed E-state index contributed by atoms with van der Waals surface area (Å²) in [5, 5.41) is 5.17. The number of anilines is 2. The molecule has 0 radical (unpaired) electrons. The van der Waals surface area contributed by atoms with E-state index in [4.69, 9.17) is 11.6 Å². The molecular formula is C17H16ClN3. The summed E-state index contributed by atoms with van der Waals surface area (Å²) >= 11 is 6.19. The van der Waals surface area contributed by atoms with Crippen molar-refractivity contribution in [1.29, 1.82) is 0 Å². The second kappa shape index (κ2) is 5.34. The lowest BCUT2D eigenvalue weighted by Gasteiger charge is -2.11. The van der Waals surface area contributed by atoms with Crippen molar-refractivity contribution in [3.05, 3.63) is 58.4 Å². The van der Waals surface area contributed by atoms with Crippen LogP contribution in [0.5, 0.6) is 0 Å². The molecule has 0 saturated heterocycles. The Morgan fingerprint density at radius 1 is 0.905 bits per heavy atom. The molecule has 21 heavy (non-hydrogen) atoms. The molecular weight excluding hydrogens is 282 g/mol. The van der Waals surface area contributed by atoms with E-state index in [2.05, 4.69) is 15.3 Å². The fourth-order valence-corrected chi connectivity index (χ4v) is 2.43. The Kier molecular flexibility index (Phi) is 3.52. The van der Waals surface area contributed by atoms with Gasteiger partial charge in [-0.25, -0.2) is 9.97 Å². The fraction of sp³-hybridized carbons (Fsp3) is 0.176. The number of aryl methyl sites for hydroxylation is 3. The smallest absolute Gasteiger partial charge is 0.161 e. The van der Waals surface area contributed by atoms with Crippen molar-refractivity contribution in [2.75, 3.05) is 5.32 Å². The molecule has 3 nitrogen and oxygen atoms in total. The molecule has 0 bridgehead atoms. The van der Waals surface area contributed by atoms with Crippen LogP contribution in [-0.4, -0.2) is 9.97 Å². The Bertz CT molecular complexity index is 822. The molecule has 106 valence electrons. The van der Waals surface area contributed by atoms with E-state index in [0.717, 1.165) is 44.4 Å². The van der Waals surface area contributed by atoms with Gasteiger partial charge in [-0.15, -0.1) is 0 Å². The zero-order valence-corrected chi connectivity index (χ0v) is 13.0. The average Bonchev–Trinajstić information content (AvgIpc) is 2.42. The monoisotopic (exact) mass is 297 g/mol. The van der Waals surface area contributed by atoms with Gasteiger partial charge in [0.25, 0.3) is 0 Å². The molecule has 0 aliphatic rings. The van der Waals surface area contributed by atoms with Crippen molar-refractivity contribution in [1.82, 2.24) is 9.97 Å². The summed E-state index contributed by atoms with van der Waals surface area (Å²) in [7, 11) is 0. The number of pyridine rings is 2. The summed E-state index contributed by atoms with van der Waals surface area (Å²) in [4.78, 5) is 8.99. The molecule has 3 rings (SSSR count). The minimum Gasteiger partial charge on any atom is -0.355 e. The second-order valence-electron chi connectivity index (χ2n) is 5.22. The molecule has 1 N–H and O–H groups in total. The van der Waals surface area contributed by atoms with E-state index < -0.39 is 0 Å². The number of halogens is 1. The van der Waals surface area contributed by atoms with Gasteiger partial charge in [0.1, 0.15) is 0 Å². The summed E-state index contributed by atoms with van der Waals surface area (Å²) in [6, 6.07) is 12.0. The van der Waals surface area contributed by atoms with E-state index in [0.29, 0.717) is 0 Å². The van der Waals surface area contributed by atoms with Crippen molar-refractivity contribution in [3.8, 4) is 0 Å². The van der Waals surface area contributed by atoms with E-state index in [9.17, 15) is 0 Å². The van der Waals surface area contributed by atoms with E-state index >= 15 is 0 Å². The Morgan fingerprint density at radius 2 is 1.67 bits per heavy atom. The summed E-state index contributed by atoms with van der Waals surface area (Å²) in [5.41, 5.74) is 5.67. The van der Waals surface area contributed by atoms with E-state index in [1.807, 2.05) is 57.2 Å².